The molecule has 7 nitrogen and oxygen atoms in total. The van der Waals surface area contributed by atoms with Crippen LogP contribution in [-0.4, -0.2) is 48.9 Å². The van der Waals surface area contributed by atoms with Crippen LogP contribution >= 0.6 is 0 Å². The first kappa shape index (κ1) is 18.4. The van der Waals surface area contributed by atoms with E-state index in [0.717, 1.165) is 38.9 Å². The fraction of sp³-hybridized carbons (Fsp3) is 0.429. The van der Waals surface area contributed by atoms with Crippen LogP contribution < -0.4 is 0 Å². The molecule has 3 heterocycles. The molecular weight excluding hydrogens is 352 g/mol. The molecular formula is C21H26N6O. The van der Waals surface area contributed by atoms with Crippen LogP contribution in [0.1, 0.15) is 42.9 Å². The SMILES string of the molecule is Cc1cccc(-c2cn[nH]c2C2CCN(C(=O)CCCn3cncn3)CC2)c1. The number of amides is 1. The number of aromatic amines is 1. The van der Waals surface area contributed by atoms with E-state index in [2.05, 4.69) is 51.5 Å². The molecule has 7 heteroatoms. The van der Waals surface area contributed by atoms with Crippen molar-refractivity contribution in [3.05, 3.63) is 54.4 Å². The molecule has 4 rings (SSSR count). The summed E-state index contributed by atoms with van der Waals surface area (Å²) in [7, 11) is 0. The first-order valence-electron chi connectivity index (χ1n) is 9.91. The number of aromatic nitrogens is 5. The molecule has 1 fully saturated rings. The molecule has 1 saturated heterocycles. The Hall–Kier alpha value is -2.96. The molecule has 0 atom stereocenters. The second-order valence-electron chi connectivity index (χ2n) is 7.48. The van der Waals surface area contributed by atoms with E-state index >= 15 is 0 Å². The highest BCUT2D eigenvalue weighted by Gasteiger charge is 2.26. The Morgan fingerprint density at radius 3 is 2.89 bits per heavy atom. The van der Waals surface area contributed by atoms with E-state index < -0.39 is 0 Å². The number of aryl methyl sites for hydroxylation is 2. The Kier molecular flexibility index (Phi) is 5.50. The molecule has 1 aliphatic heterocycles. The van der Waals surface area contributed by atoms with Crippen LogP contribution in [0.2, 0.25) is 0 Å². The van der Waals surface area contributed by atoms with Gasteiger partial charge in [0.15, 0.2) is 0 Å². The van der Waals surface area contributed by atoms with Gasteiger partial charge in [0.2, 0.25) is 5.91 Å². The van der Waals surface area contributed by atoms with Crippen molar-refractivity contribution in [1.29, 1.82) is 0 Å². The van der Waals surface area contributed by atoms with Crippen LogP contribution in [0, 0.1) is 6.92 Å². The van der Waals surface area contributed by atoms with Crippen molar-refractivity contribution < 1.29 is 4.79 Å². The molecule has 0 saturated carbocycles. The van der Waals surface area contributed by atoms with Gasteiger partial charge in [-0.1, -0.05) is 29.8 Å². The fourth-order valence-corrected chi connectivity index (χ4v) is 3.97. The highest BCUT2D eigenvalue weighted by molar-refractivity contribution is 5.76. The van der Waals surface area contributed by atoms with Crippen molar-refractivity contribution in [2.45, 2.75) is 45.1 Å². The van der Waals surface area contributed by atoms with E-state index in [9.17, 15) is 4.79 Å². The van der Waals surface area contributed by atoms with Crippen LogP contribution in [-0.2, 0) is 11.3 Å². The van der Waals surface area contributed by atoms with Crippen molar-refractivity contribution in [2.75, 3.05) is 13.1 Å². The molecule has 0 spiro atoms. The lowest BCUT2D eigenvalue weighted by Gasteiger charge is -2.32. The summed E-state index contributed by atoms with van der Waals surface area (Å²) < 4.78 is 1.77. The van der Waals surface area contributed by atoms with Gasteiger partial charge in [0, 0.05) is 43.2 Å². The van der Waals surface area contributed by atoms with Crippen molar-refractivity contribution in [2.24, 2.45) is 0 Å². The Morgan fingerprint density at radius 2 is 2.14 bits per heavy atom. The van der Waals surface area contributed by atoms with Crippen molar-refractivity contribution in [3.63, 3.8) is 0 Å². The van der Waals surface area contributed by atoms with Crippen molar-refractivity contribution in [1.82, 2.24) is 29.9 Å². The van der Waals surface area contributed by atoms with Gasteiger partial charge in [-0.3, -0.25) is 14.6 Å². The lowest BCUT2D eigenvalue weighted by molar-refractivity contribution is -0.132. The number of carbonyl (C=O) groups excluding carboxylic acids is 1. The monoisotopic (exact) mass is 378 g/mol. The van der Waals surface area contributed by atoms with Crippen LogP contribution in [0.4, 0.5) is 0 Å². The quantitative estimate of drug-likeness (QED) is 0.714. The first-order valence-corrected chi connectivity index (χ1v) is 9.91. The Bertz CT molecular complexity index is 909. The zero-order valence-electron chi connectivity index (χ0n) is 16.2. The summed E-state index contributed by atoms with van der Waals surface area (Å²) in [5, 5.41) is 11.6. The number of rotatable bonds is 6. The van der Waals surface area contributed by atoms with E-state index in [1.165, 1.54) is 28.7 Å². The molecule has 28 heavy (non-hydrogen) atoms. The molecule has 0 bridgehead atoms. The lowest BCUT2D eigenvalue weighted by Crippen LogP contribution is -2.38. The van der Waals surface area contributed by atoms with E-state index in [1.54, 1.807) is 11.0 Å². The molecule has 1 amide bonds. The molecule has 1 N–H and O–H groups in total. The number of nitrogens with one attached hydrogen (secondary N) is 1. The molecule has 2 aromatic heterocycles. The third-order valence-electron chi connectivity index (χ3n) is 5.50. The van der Waals surface area contributed by atoms with Gasteiger partial charge in [-0.05, 0) is 31.7 Å². The molecule has 1 aliphatic rings. The largest absolute Gasteiger partial charge is 0.343 e. The normalized spacial score (nSPS) is 15.1. The third-order valence-corrected chi connectivity index (χ3v) is 5.50. The van der Waals surface area contributed by atoms with Gasteiger partial charge in [-0.15, -0.1) is 0 Å². The van der Waals surface area contributed by atoms with Crippen LogP contribution in [0.15, 0.2) is 43.1 Å². The molecule has 3 aromatic rings. The smallest absolute Gasteiger partial charge is 0.222 e. The number of piperidine rings is 1. The lowest BCUT2D eigenvalue weighted by atomic mass is 9.89. The predicted molar refractivity (Wildman–Crippen MR) is 107 cm³/mol. The van der Waals surface area contributed by atoms with Crippen molar-refractivity contribution in [3.8, 4) is 11.1 Å². The molecule has 1 aromatic carbocycles. The Labute approximate surface area is 164 Å². The standard InChI is InChI=1S/C21H26N6O/c1-16-4-2-5-18(12-16)19-13-23-25-21(19)17-7-10-26(11-8-17)20(28)6-3-9-27-15-22-14-24-27/h2,4-5,12-15,17H,3,6-11H2,1H3,(H,23,25). The van der Waals surface area contributed by atoms with Crippen molar-refractivity contribution >= 4 is 5.91 Å². The number of likely N-dealkylation sites (tertiary alicyclic amines) is 1. The molecule has 0 radical (unpaired) electrons. The van der Waals surface area contributed by atoms with Crippen LogP contribution in [0.3, 0.4) is 0 Å². The van der Waals surface area contributed by atoms with Gasteiger partial charge < -0.3 is 4.90 Å². The summed E-state index contributed by atoms with van der Waals surface area (Å²) >= 11 is 0. The summed E-state index contributed by atoms with van der Waals surface area (Å²) in [5.41, 5.74) is 4.83. The maximum absolute atomic E-state index is 12.5. The van der Waals surface area contributed by atoms with Crippen LogP contribution in [0.25, 0.3) is 11.1 Å². The maximum atomic E-state index is 12.5. The van der Waals surface area contributed by atoms with Gasteiger partial charge in [-0.25, -0.2) is 4.98 Å². The van der Waals surface area contributed by atoms with Crippen LogP contribution in [0.5, 0.6) is 0 Å². The fourth-order valence-electron chi connectivity index (χ4n) is 3.97. The molecule has 0 aliphatic carbocycles. The average molecular weight is 378 g/mol. The predicted octanol–water partition coefficient (Wildman–Crippen LogP) is 3.16. The summed E-state index contributed by atoms with van der Waals surface area (Å²) in [4.78, 5) is 18.4. The third kappa shape index (κ3) is 4.13. The Morgan fingerprint density at radius 1 is 1.29 bits per heavy atom. The maximum Gasteiger partial charge on any atom is 0.222 e. The molecule has 0 unspecified atom stereocenters. The topological polar surface area (TPSA) is 79.7 Å². The van der Waals surface area contributed by atoms with E-state index in [0.29, 0.717) is 12.3 Å². The van der Waals surface area contributed by atoms with Gasteiger partial charge in [0.05, 0.1) is 6.20 Å². The number of nitrogens with zero attached hydrogens (tertiary/aromatic N) is 5. The minimum absolute atomic E-state index is 0.238. The van der Waals surface area contributed by atoms with Gasteiger partial charge in [0.1, 0.15) is 12.7 Å². The minimum Gasteiger partial charge on any atom is -0.343 e. The number of H-pyrrole nitrogens is 1. The number of hydrogen-bond acceptors (Lipinski definition) is 4. The zero-order valence-corrected chi connectivity index (χ0v) is 16.2. The van der Waals surface area contributed by atoms with Gasteiger partial charge in [0.25, 0.3) is 0 Å². The summed E-state index contributed by atoms with van der Waals surface area (Å²) in [6.07, 6.45) is 8.42. The highest BCUT2D eigenvalue weighted by atomic mass is 16.2. The van der Waals surface area contributed by atoms with Gasteiger partial charge in [-0.2, -0.15) is 10.2 Å². The van der Waals surface area contributed by atoms with E-state index in [4.69, 9.17) is 0 Å². The second kappa shape index (κ2) is 8.37. The van der Waals surface area contributed by atoms with E-state index in [1.807, 2.05) is 11.1 Å². The number of benzene rings is 1. The average Bonchev–Trinajstić information content (AvgIpc) is 3.40. The summed E-state index contributed by atoms with van der Waals surface area (Å²) in [6.45, 7) is 4.45. The van der Waals surface area contributed by atoms with Gasteiger partial charge >= 0.3 is 0 Å². The molecule has 146 valence electrons. The number of hydrogen-bond donors (Lipinski definition) is 1. The summed E-state index contributed by atoms with van der Waals surface area (Å²) in [6, 6.07) is 8.52. The Balaban J connectivity index is 1.32. The highest BCUT2D eigenvalue weighted by Crippen LogP contribution is 2.34. The second-order valence-corrected chi connectivity index (χ2v) is 7.48. The first-order chi connectivity index (χ1) is 13.7. The minimum atomic E-state index is 0.238. The summed E-state index contributed by atoms with van der Waals surface area (Å²) in [5.74, 6) is 0.652. The zero-order chi connectivity index (χ0) is 19.3. The number of carbonyl (C=O) groups is 1. The van der Waals surface area contributed by atoms with E-state index in [-0.39, 0.29) is 5.91 Å².